The molecule has 0 aliphatic heterocycles. The lowest BCUT2D eigenvalue weighted by Crippen LogP contribution is -2.37. The molecule has 190 valence electrons. The van der Waals surface area contributed by atoms with E-state index < -0.39 is 7.26 Å². The monoisotopic (exact) mass is 525 g/mol. The molecule has 4 heteroatoms. The van der Waals surface area contributed by atoms with Crippen molar-refractivity contribution in [1.82, 2.24) is 9.13 Å². The zero-order valence-corrected chi connectivity index (χ0v) is 22.5. The van der Waals surface area contributed by atoms with Crippen LogP contribution in [0.2, 0.25) is 0 Å². The van der Waals surface area contributed by atoms with E-state index in [4.69, 9.17) is 0 Å². The third-order valence-electron chi connectivity index (χ3n) is 7.34. The van der Waals surface area contributed by atoms with Crippen molar-refractivity contribution in [2.75, 3.05) is 0 Å². The van der Waals surface area contributed by atoms with Gasteiger partial charge in [0.25, 0.3) is 0 Å². The summed E-state index contributed by atoms with van der Waals surface area (Å²) in [6.07, 6.45) is 4.49. The fourth-order valence-corrected chi connectivity index (χ4v) is 9.58. The van der Waals surface area contributed by atoms with E-state index in [1.807, 2.05) is 57.9 Å². The highest BCUT2D eigenvalue weighted by Crippen LogP contribution is 2.56. The minimum atomic E-state index is -2.21. The van der Waals surface area contributed by atoms with E-state index in [2.05, 4.69) is 115 Å². The standard InChI is InChI=1S/C35H30N2OP/c38-35-36(26-27-37(35)34(29-16-6-1-7-17-29)30-18-8-2-9-19-30)28-39(31-20-10-3-11-21-31,32-22-12-4-13-23-32)33-24-14-5-15-25-33/h1-27,34H,28H2/q+1. The van der Waals surface area contributed by atoms with Crippen molar-refractivity contribution in [3.63, 3.8) is 0 Å². The molecule has 0 N–H and O–H groups in total. The fourth-order valence-electron chi connectivity index (χ4n) is 5.48. The van der Waals surface area contributed by atoms with Crippen LogP contribution < -0.4 is 21.6 Å². The van der Waals surface area contributed by atoms with Gasteiger partial charge in [0, 0.05) is 12.4 Å². The molecular formula is C35H30N2OP+. The van der Waals surface area contributed by atoms with E-state index in [1.165, 1.54) is 15.9 Å². The van der Waals surface area contributed by atoms with E-state index in [9.17, 15) is 4.79 Å². The number of imidazole rings is 1. The molecule has 0 saturated heterocycles. The molecule has 6 rings (SSSR count). The van der Waals surface area contributed by atoms with Crippen molar-refractivity contribution in [2.24, 2.45) is 0 Å². The molecule has 0 atom stereocenters. The fraction of sp³-hybridized carbons (Fsp3) is 0.0571. The van der Waals surface area contributed by atoms with Crippen LogP contribution in [0.1, 0.15) is 17.2 Å². The van der Waals surface area contributed by atoms with Crippen molar-refractivity contribution in [3.8, 4) is 0 Å². The number of hydrogen-bond acceptors (Lipinski definition) is 1. The van der Waals surface area contributed by atoms with Gasteiger partial charge in [-0.05, 0) is 47.5 Å². The Morgan fingerprint density at radius 3 is 1.23 bits per heavy atom. The van der Waals surface area contributed by atoms with Crippen LogP contribution in [0.15, 0.2) is 169 Å². The maximum absolute atomic E-state index is 14.3. The van der Waals surface area contributed by atoms with Gasteiger partial charge in [-0.3, -0.25) is 9.13 Å². The lowest BCUT2D eigenvalue weighted by molar-refractivity contribution is 0.629. The molecule has 39 heavy (non-hydrogen) atoms. The highest BCUT2D eigenvalue weighted by atomic mass is 31.2. The Bertz CT molecular complexity index is 1540. The highest BCUT2D eigenvalue weighted by molar-refractivity contribution is 7.94. The van der Waals surface area contributed by atoms with Gasteiger partial charge in [0.05, 0.1) is 6.04 Å². The molecule has 0 aliphatic rings. The maximum atomic E-state index is 14.3. The SMILES string of the molecule is O=c1n(C[P+](c2ccccc2)(c2ccccc2)c2ccccc2)ccn1C(c1ccccc1)c1ccccc1. The van der Waals surface area contributed by atoms with Crippen LogP contribution in [0.5, 0.6) is 0 Å². The van der Waals surface area contributed by atoms with E-state index in [-0.39, 0.29) is 11.7 Å². The molecule has 0 spiro atoms. The second kappa shape index (κ2) is 11.1. The van der Waals surface area contributed by atoms with Crippen LogP contribution in [0.25, 0.3) is 0 Å². The van der Waals surface area contributed by atoms with Crippen molar-refractivity contribution < 1.29 is 0 Å². The Morgan fingerprint density at radius 1 is 0.487 bits per heavy atom. The predicted molar refractivity (Wildman–Crippen MR) is 164 cm³/mol. The van der Waals surface area contributed by atoms with Crippen molar-refractivity contribution in [2.45, 2.75) is 12.3 Å². The maximum Gasteiger partial charge on any atom is 0.331 e. The largest absolute Gasteiger partial charge is 0.331 e. The molecule has 1 aromatic heterocycles. The first kappa shape index (κ1) is 24.9. The van der Waals surface area contributed by atoms with Gasteiger partial charge >= 0.3 is 5.69 Å². The molecule has 5 aromatic carbocycles. The molecular weight excluding hydrogens is 495 g/mol. The molecule has 6 aromatic rings. The zero-order valence-electron chi connectivity index (χ0n) is 21.6. The Hall–Kier alpha value is -4.46. The molecule has 0 radical (unpaired) electrons. The smallest absolute Gasteiger partial charge is 0.288 e. The zero-order chi connectivity index (χ0) is 26.5. The number of aromatic nitrogens is 2. The van der Waals surface area contributed by atoms with Gasteiger partial charge in [0.15, 0.2) is 6.29 Å². The van der Waals surface area contributed by atoms with Gasteiger partial charge in [0.1, 0.15) is 23.2 Å². The second-order valence-electron chi connectivity index (χ2n) is 9.64. The summed E-state index contributed by atoms with van der Waals surface area (Å²) in [5.41, 5.74) is 2.15. The van der Waals surface area contributed by atoms with Crippen LogP contribution in [-0.4, -0.2) is 9.13 Å². The van der Waals surface area contributed by atoms with E-state index in [1.54, 1.807) is 0 Å². The summed E-state index contributed by atoms with van der Waals surface area (Å²) in [5.74, 6) is 0. The molecule has 0 saturated carbocycles. The van der Waals surface area contributed by atoms with E-state index >= 15 is 0 Å². The van der Waals surface area contributed by atoms with Crippen molar-refractivity contribution >= 4 is 23.2 Å². The van der Waals surface area contributed by atoms with Gasteiger partial charge < -0.3 is 0 Å². The van der Waals surface area contributed by atoms with Crippen LogP contribution in [0.3, 0.4) is 0 Å². The number of nitrogens with zero attached hydrogens (tertiary/aromatic N) is 2. The van der Waals surface area contributed by atoms with Gasteiger partial charge in [-0.15, -0.1) is 0 Å². The molecule has 3 nitrogen and oxygen atoms in total. The Morgan fingerprint density at radius 2 is 0.846 bits per heavy atom. The third kappa shape index (κ3) is 4.78. The molecule has 0 bridgehead atoms. The molecule has 1 heterocycles. The first-order chi connectivity index (χ1) is 19.3. The molecule has 0 amide bonds. The molecule has 0 unspecified atom stereocenters. The topological polar surface area (TPSA) is 26.9 Å². The van der Waals surface area contributed by atoms with Gasteiger partial charge in [0.2, 0.25) is 0 Å². The van der Waals surface area contributed by atoms with Crippen molar-refractivity contribution in [3.05, 3.63) is 186 Å². The lowest BCUT2D eigenvalue weighted by atomic mass is 9.99. The summed E-state index contributed by atoms with van der Waals surface area (Å²) < 4.78 is 3.79. The Kier molecular flexibility index (Phi) is 7.08. The van der Waals surface area contributed by atoms with Crippen molar-refractivity contribution in [1.29, 1.82) is 0 Å². The lowest BCUT2D eigenvalue weighted by Gasteiger charge is -2.27. The summed E-state index contributed by atoms with van der Waals surface area (Å²) >= 11 is 0. The second-order valence-corrected chi connectivity index (χ2v) is 13.1. The van der Waals surface area contributed by atoms with Crippen LogP contribution >= 0.6 is 7.26 Å². The highest BCUT2D eigenvalue weighted by Gasteiger charge is 2.46. The number of benzene rings is 5. The Balaban J connectivity index is 1.54. The average Bonchev–Trinajstić information content (AvgIpc) is 3.37. The van der Waals surface area contributed by atoms with E-state index in [0.717, 1.165) is 11.1 Å². The molecule has 0 fully saturated rings. The van der Waals surface area contributed by atoms with Gasteiger partial charge in [-0.1, -0.05) is 115 Å². The summed E-state index contributed by atoms with van der Waals surface area (Å²) in [5, 5.41) is 3.76. The summed E-state index contributed by atoms with van der Waals surface area (Å²) in [6.45, 7) is 0. The van der Waals surface area contributed by atoms with Crippen LogP contribution in [0, 0.1) is 0 Å². The minimum Gasteiger partial charge on any atom is -0.288 e. The minimum absolute atomic E-state index is 0.0140. The number of rotatable bonds is 8. The first-order valence-corrected chi connectivity index (χ1v) is 15.2. The quantitative estimate of drug-likeness (QED) is 0.216. The van der Waals surface area contributed by atoms with Crippen LogP contribution in [0.4, 0.5) is 0 Å². The normalized spacial score (nSPS) is 11.5. The summed E-state index contributed by atoms with van der Waals surface area (Å²) in [4.78, 5) is 14.3. The first-order valence-electron chi connectivity index (χ1n) is 13.2. The Labute approximate surface area is 230 Å². The van der Waals surface area contributed by atoms with Crippen LogP contribution in [-0.2, 0) is 6.29 Å². The third-order valence-corrected chi connectivity index (χ3v) is 11.6. The van der Waals surface area contributed by atoms with Gasteiger partial charge in [-0.2, -0.15) is 0 Å². The molecule has 0 aliphatic carbocycles. The average molecular weight is 526 g/mol. The number of hydrogen-bond donors (Lipinski definition) is 0. The van der Waals surface area contributed by atoms with Gasteiger partial charge in [-0.25, -0.2) is 4.79 Å². The van der Waals surface area contributed by atoms with E-state index in [0.29, 0.717) is 6.29 Å². The summed E-state index contributed by atoms with van der Waals surface area (Å²) in [6, 6.07) is 52.4. The predicted octanol–water partition coefficient (Wildman–Crippen LogP) is 6.24. The summed E-state index contributed by atoms with van der Waals surface area (Å²) in [7, 11) is -2.21.